The van der Waals surface area contributed by atoms with Gasteiger partial charge in [0.25, 0.3) is 0 Å². The molecule has 1 aliphatic carbocycles. The minimum atomic E-state index is -0.510. The molecule has 1 saturated heterocycles. The fraction of sp³-hybridized carbons (Fsp3) is 0.524. The number of anilines is 1. The first kappa shape index (κ1) is 17.3. The summed E-state index contributed by atoms with van der Waals surface area (Å²) in [7, 11) is 0. The number of amides is 1. The average Bonchev–Trinajstić information content (AvgIpc) is 3.12. The van der Waals surface area contributed by atoms with E-state index in [1.807, 2.05) is 4.90 Å². The predicted molar refractivity (Wildman–Crippen MR) is 107 cm³/mol. The van der Waals surface area contributed by atoms with E-state index in [0.29, 0.717) is 25.6 Å². The topological polar surface area (TPSA) is 61.0 Å². The molecule has 0 bridgehead atoms. The number of carbonyl (C=O) groups is 1. The zero-order chi connectivity index (χ0) is 18.8. The van der Waals surface area contributed by atoms with E-state index in [2.05, 4.69) is 36.3 Å². The minimum Gasteiger partial charge on any atom is -0.344 e. The molecule has 1 aromatic carbocycles. The van der Waals surface area contributed by atoms with Gasteiger partial charge in [-0.1, -0.05) is 31.5 Å². The van der Waals surface area contributed by atoms with Crippen LogP contribution >= 0.6 is 11.6 Å². The molecule has 0 unspecified atom stereocenters. The van der Waals surface area contributed by atoms with E-state index < -0.39 is 5.41 Å². The number of aromatic amines is 1. The summed E-state index contributed by atoms with van der Waals surface area (Å²) in [5.41, 5.74) is 4.99. The minimum absolute atomic E-state index is 0.147. The Bertz CT molecular complexity index is 905. The molecule has 3 heterocycles. The third-order valence-electron chi connectivity index (χ3n) is 6.36. The number of nitrogens with one attached hydrogen (secondary N) is 2. The number of halogens is 1. The van der Waals surface area contributed by atoms with Crippen LogP contribution in [0.5, 0.6) is 0 Å². The Labute approximate surface area is 164 Å². The molecule has 1 fully saturated rings. The van der Waals surface area contributed by atoms with E-state index >= 15 is 0 Å². The highest BCUT2D eigenvalue weighted by molar-refractivity contribution is 6.34. The molecular weight excluding hydrogens is 360 g/mol. The SMILES string of the molecule is CC(C)c1ccc2c(c1Cl)C1(CNC1)C(=O)N2Cc1nc2c([nH]1)CCCC2. The smallest absolute Gasteiger partial charge is 0.240 e. The molecule has 0 saturated carbocycles. The number of hydrogen-bond donors (Lipinski definition) is 2. The maximum atomic E-state index is 13.4. The second-order valence-electron chi connectivity index (χ2n) is 8.41. The average molecular weight is 385 g/mol. The Morgan fingerprint density at radius 1 is 1.26 bits per heavy atom. The monoisotopic (exact) mass is 384 g/mol. The standard InChI is InChI=1S/C21H25ClN4O/c1-12(2)13-7-8-16-18(19(13)22)21(10-23-11-21)20(27)26(16)9-17-24-14-5-3-4-6-15(14)25-17/h7-8,12,23H,3-6,9-11H2,1-2H3,(H,24,25). The van der Waals surface area contributed by atoms with Crippen molar-refractivity contribution in [2.45, 2.75) is 57.4 Å². The van der Waals surface area contributed by atoms with Crippen molar-refractivity contribution in [2.75, 3.05) is 18.0 Å². The normalized spacial score (nSPS) is 20.1. The van der Waals surface area contributed by atoms with Crippen LogP contribution in [0.15, 0.2) is 12.1 Å². The predicted octanol–water partition coefficient (Wildman–Crippen LogP) is 3.45. The van der Waals surface area contributed by atoms with E-state index in [-0.39, 0.29) is 5.91 Å². The number of hydrogen-bond acceptors (Lipinski definition) is 3. The van der Waals surface area contributed by atoms with Crippen molar-refractivity contribution in [1.82, 2.24) is 15.3 Å². The highest BCUT2D eigenvalue weighted by atomic mass is 35.5. The van der Waals surface area contributed by atoms with E-state index in [4.69, 9.17) is 16.6 Å². The molecule has 1 amide bonds. The van der Waals surface area contributed by atoms with Gasteiger partial charge in [-0.3, -0.25) is 4.79 Å². The molecule has 27 heavy (non-hydrogen) atoms. The first-order valence-corrected chi connectivity index (χ1v) is 10.3. The first-order chi connectivity index (χ1) is 13.0. The zero-order valence-corrected chi connectivity index (χ0v) is 16.6. The van der Waals surface area contributed by atoms with Gasteiger partial charge in [0.15, 0.2) is 0 Å². The Hall–Kier alpha value is -1.85. The molecule has 2 N–H and O–H groups in total. The van der Waals surface area contributed by atoms with Gasteiger partial charge in [0, 0.05) is 24.3 Å². The lowest BCUT2D eigenvalue weighted by molar-refractivity contribution is -0.125. The molecule has 6 heteroatoms. The summed E-state index contributed by atoms with van der Waals surface area (Å²) in [6.45, 7) is 6.08. The van der Waals surface area contributed by atoms with Gasteiger partial charge in [-0.05, 0) is 43.2 Å². The van der Waals surface area contributed by atoms with Crippen molar-refractivity contribution < 1.29 is 4.79 Å². The number of nitrogens with zero attached hydrogens (tertiary/aromatic N) is 2. The number of fused-ring (bicyclic) bond motifs is 3. The van der Waals surface area contributed by atoms with Crippen molar-refractivity contribution in [2.24, 2.45) is 0 Å². The molecule has 1 aromatic heterocycles. The molecule has 142 valence electrons. The molecule has 2 aliphatic heterocycles. The van der Waals surface area contributed by atoms with E-state index in [9.17, 15) is 4.79 Å². The highest BCUT2D eigenvalue weighted by Gasteiger charge is 2.56. The summed E-state index contributed by atoms with van der Waals surface area (Å²) < 4.78 is 0. The number of rotatable bonds is 3. The number of imidazole rings is 1. The number of aryl methyl sites for hydroxylation is 2. The second kappa shape index (κ2) is 6.08. The molecular formula is C21H25ClN4O. The van der Waals surface area contributed by atoms with Crippen LogP contribution in [0.4, 0.5) is 5.69 Å². The summed E-state index contributed by atoms with van der Waals surface area (Å²) in [5, 5.41) is 4.05. The maximum absolute atomic E-state index is 13.4. The van der Waals surface area contributed by atoms with Crippen molar-refractivity contribution in [3.63, 3.8) is 0 Å². The van der Waals surface area contributed by atoms with E-state index in [1.165, 1.54) is 24.2 Å². The van der Waals surface area contributed by atoms with Crippen LogP contribution in [-0.2, 0) is 29.6 Å². The Kier molecular flexibility index (Phi) is 3.89. The van der Waals surface area contributed by atoms with E-state index in [1.54, 1.807) is 0 Å². The number of H-pyrrole nitrogens is 1. The summed E-state index contributed by atoms with van der Waals surface area (Å²) in [5.74, 6) is 1.36. The van der Waals surface area contributed by atoms with Crippen LogP contribution in [0.25, 0.3) is 0 Å². The van der Waals surface area contributed by atoms with Gasteiger partial charge in [0.2, 0.25) is 5.91 Å². The van der Waals surface area contributed by atoms with E-state index in [0.717, 1.165) is 40.5 Å². The Morgan fingerprint density at radius 2 is 2.04 bits per heavy atom. The van der Waals surface area contributed by atoms with Gasteiger partial charge in [-0.15, -0.1) is 0 Å². The summed E-state index contributed by atoms with van der Waals surface area (Å²) in [6, 6.07) is 4.15. The van der Waals surface area contributed by atoms with Crippen molar-refractivity contribution in [1.29, 1.82) is 0 Å². The van der Waals surface area contributed by atoms with Gasteiger partial charge in [-0.2, -0.15) is 0 Å². The van der Waals surface area contributed by atoms with Gasteiger partial charge >= 0.3 is 0 Å². The van der Waals surface area contributed by atoms with Gasteiger partial charge in [0.1, 0.15) is 11.2 Å². The van der Waals surface area contributed by atoms with Crippen LogP contribution in [-0.4, -0.2) is 29.0 Å². The van der Waals surface area contributed by atoms with Crippen molar-refractivity contribution >= 4 is 23.2 Å². The first-order valence-electron chi connectivity index (χ1n) is 9.93. The lowest BCUT2D eigenvalue weighted by Gasteiger charge is -2.38. The zero-order valence-electron chi connectivity index (χ0n) is 15.9. The molecule has 0 atom stereocenters. The molecule has 2 aromatic rings. The summed E-state index contributed by atoms with van der Waals surface area (Å²) in [6.07, 6.45) is 4.51. The van der Waals surface area contributed by atoms with Crippen molar-refractivity contribution in [3.05, 3.63) is 45.5 Å². The Morgan fingerprint density at radius 3 is 2.70 bits per heavy atom. The van der Waals surface area contributed by atoms with Gasteiger partial charge < -0.3 is 15.2 Å². The number of carbonyl (C=O) groups excluding carboxylic acids is 1. The third-order valence-corrected chi connectivity index (χ3v) is 6.77. The molecule has 1 spiro atoms. The van der Waals surface area contributed by atoms with Gasteiger partial charge in [-0.25, -0.2) is 4.98 Å². The second-order valence-corrected chi connectivity index (χ2v) is 8.79. The fourth-order valence-electron chi connectivity index (χ4n) is 4.78. The number of benzene rings is 1. The lowest BCUT2D eigenvalue weighted by atomic mass is 9.75. The largest absolute Gasteiger partial charge is 0.344 e. The van der Waals surface area contributed by atoms with Crippen LogP contribution in [0.1, 0.15) is 60.9 Å². The van der Waals surface area contributed by atoms with Crippen LogP contribution in [0.3, 0.4) is 0 Å². The summed E-state index contributed by atoms with van der Waals surface area (Å²) >= 11 is 6.83. The van der Waals surface area contributed by atoms with Gasteiger partial charge in [0.05, 0.1) is 22.9 Å². The molecule has 0 radical (unpaired) electrons. The molecule has 3 aliphatic rings. The quantitative estimate of drug-likeness (QED) is 0.852. The van der Waals surface area contributed by atoms with Crippen molar-refractivity contribution in [3.8, 4) is 0 Å². The third kappa shape index (κ3) is 2.41. The fourth-order valence-corrected chi connectivity index (χ4v) is 5.34. The molecule has 5 rings (SSSR count). The number of aromatic nitrogens is 2. The lowest BCUT2D eigenvalue weighted by Crippen LogP contribution is -2.62. The Balaban J connectivity index is 1.56. The molecule has 5 nitrogen and oxygen atoms in total. The summed E-state index contributed by atoms with van der Waals surface area (Å²) in [4.78, 5) is 23.6. The van der Waals surface area contributed by atoms with Crippen LogP contribution < -0.4 is 10.2 Å². The van der Waals surface area contributed by atoms with Crippen LogP contribution in [0.2, 0.25) is 5.02 Å². The maximum Gasteiger partial charge on any atom is 0.240 e. The highest BCUT2D eigenvalue weighted by Crippen LogP contribution is 2.50. The van der Waals surface area contributed by atoms with Crippen LogP contribution in [0, 0.1) is 0 Å².